The number of sulfonamides is 1. The van der Waals surface area contributed by atoms with Gasteiger partial charge in [0.05, 0.1) is 28.2 Å². The number of nitrogens with zero attached hydrogens (tertiary/aromatic N) is 5. The van der Waals surface area contributed by atoms with Gasteiger partial charge in [0.25, 0.3) is 0 Å². The molecule has 0 aliphatic rings. The first-order chi connectivity index (χ1) is 13.8. The number of aryl methyl sites for hydroxylation is 1. The average molecular weight is 416 g/mol. The third-order valence-corrected chi connectivity index (χ3v) is 7.00. The first-order valence-electron chi connectivity index (χ1n) is 9.78. The summed E-state index contributed by atoms with van der Waals surface area (Å²) in [4.78, 5) is 11.7. The molecule has 8 heteroatoms. The molecular formula is C21H29N5O2S. The smallest absolute Gasteiger partial charge is 0.242 e. The lowest BCUT2D eigenvalue weighted by atomic mass is 10.2. The number of fused-ring (bicyclic) bond motifs is 1. The SMILES string of the molecule is CCCn1c(CN(C)[C@@H](C)c2ccccn2)nc2cc(S(=O)(=O)N(C)C)ccc21. The molecule has 3 rings (SSSR count). The van der Waals surface area contributed by atoms with Crippen LogP contribution in [-0.4, -0.2) is 53.3 Å². The van der Waals surface area contributed by atoms with Crippen molar-refractivity contribution in [1.29, 1.82) is 0 Å². The van der Waals surface area contributed by atoms with Gasteiger partial charge in [0, 0.05) is 32.9 Å². The van der Waals surface area contributed by atoms with E-state index in [1.54, 1.807) is 18.3 Å². The van der Waals surface area contributed by atoms with Gasteiger partial charge in [-0.2, -0.15) is 0 Å². The molecule has 0 unspecified atom stereocenters. The molecule has 3 aromatic rings. The maximum atomic E-state index is 12.5. The van der Waals surface area contributed by atoms with Crippen molar-refractivity contribution < 1.29 is 8.42 Å². The summed E-state index contributed by atoms with van der Waals surface area (Å²) in [6.45, 7) is 5.72. The van der Waals surface area contributed by atoms with Gasteiger partial charge in [-0.3, -0.25) is 9.88 Å². The number of benzene rings is 1. The molecule has 0 saturated heterocycles. The Morgan fingerprint density at radius 2 is 1.90 bits per heavy atom. The number of imidazole rings is 1. The maximum absolute atomic E-state index is 12.5. The standard InChI is InChI=1S/C21H29N5O2S/c1-6-13-26-20-11-10-17(29(27,28)24(3)4)14-19(20)23-21(26)15-25(5)16(2)18-9-7-8-12-22-18/h7-12,14,16H,6,13,15H2,1-5H3/t16-/m0/s1. The van der Waals surface area contributed by atoms with Crippen LogP contribution in [0.2, 0.25) is 0 Å². The van der Waals surface area contributed by atoms with Gasteiger partial charge in [-0.25, -0.2) is 17.7 Å². The Labute approximate surface area is 173 Å². The minimum atomic E-state index is -3.49. The van der Waals surface area contributed by atoms with E-state index in [-0.39, 0.29) is 10.9 Å². The van der Waals surface area contributed by atoms with Crippen molar-refractivity contribution in [1.82, 2.24) is 23.7 Å². The summed E-state index contributed by atoms with van der Waals surface area (Å²) in [5.74, 6) is 0.923. The van der Waals surface area contributed by atoms with Gasteiger partial charge in [-0.05, 0) is 50.7 Å². The number of aromatic nitrogens is 3. The largest absolute Gasteiger partial charge is 0.327 e. The van der Waals surface area contributed by atoms with E-state index >= 15 is 0 Å². The second-order valence-corrected chi connectivity index (χ2v) is 9.62. The van der Waals surface area contributed by atoms with E-state index in [4.69, 9.17) is 4.98 Å². The molecule has 0 N–H and O–H groups in total. The van der Waals surface area contributed by atoms with Crippen LogP contribution in [0.25, 0.3) is 11.0 Å². The average Bonchev–Trinajstić information content (AvgIpc) is 3.04. The molecule has 0 bridgehead atoms. The summed E-state index contributed by atoms with van der Waals surface area (Å²) in [7, 11) is 1.63. The Morgan fingerprint density at radius 3 is 2.52 bits per heavy atom. The van der Waals surface area contributed by atoms with Crippen LogP contribution in [0, 0.1) is 0 Å². The highest BCUT2D eigenvalue weighted by Gasteiger charge is 2.21. The maximum Gasteiger partial charge on any atom is 0.242 e. The Bertz CT molecular complexity index is 1080. The van der Waals surface area contributed by atoms with E-state index in [1.807, 2.05) is 24.3 Å². The van der Waals surface area contributed by atoms with Crippen LogP contribution in [0.3, 0.4) is 0 Å². The minimum absolute atomic E-state index is 0.135. The highest BCUT2D eigenvalue weighted by Crippen LogP contribution is 2.25. The van der Waals surface area contributed by atoms with Gasteiger partial charge in [0.1, 0.15) is 5.82 Å². The first kappa shape index (κ1) is 21.4. The molecule has 0 saturated carbocycles. The summed E-state index contributed by atoms with van der Waals surface area (Å²) in [5, 5.41) is 0. The lowest BCUT2D eigenvalue weighted by Gasteiger charge is -2.24. The van der Waals surface area contributed by atoms with E-state index in [1.165, 1.54) is 18.4 Å². The third kappa shape index (κ3) is 4.34. The fraction of sp³-hybridized carbons (Fsp3) is 0.429. The van der Waals surface area contributed by atoms with Crippen molar-refractivity contribution in [2.45, 2.75) is 44.3 Å². The molecule has 1 aromatic carbocycles. The van der Waals surface area contributed by atoms with Crippen LogP contribution in [0.4, 0.5) is 0 Å². The summed E-state index contributed by atoms with van der Waals surface area (Å²) < 4.78 is 28.4. The van der Waals surface area contributed by atoms with Crippen molar-refractivity contribution in [3.63, 3.8) is 0 Å². The second-order valence-electron chi connectivity index (χ2n) is 7.46. The summed E-state index contributed by atoms with van der Waals surface area (Å²) in [5.41, 5.74) is 2.67. The number of hydrogen-bond donors (Lipinski definition) is 0. The van der Waals surface area contributed by atoms with Gasteiger partial charge >= 0.3 is 0 Å². The Kier molecular flexibility index (Phi) is 6.36. The molecule has 0 fully saturated rings. The van der Waals surface area contributed by atoms with Gasteiger partial charge in [0.15, 0.2) is 0 Å². The molecule has 0 spiro atoms. The second kappa shape index (κ2) is 8.61. The van der Waals surface area contributed by atoms with E-state index in [9.17, 15) is 8.42 Å². The molecule has 0 aliphatic heterocycles. The fourth-order valence-electron chi connectivity index (χ4n) is 3.33. The highest BCUT2D eigenvalue weighted by atomic mass is 32.2. The van der Waals surface area contributed by atoms with E-state index in [0.717, 1.165) is 30.0 Å². The topological polar surface area (TPSA) is 71.3 Å². The van der Waals surface area contributed by atoms with E-state index < -0.39 is 10.0 Å². The van der Waals surface area contributed by atoms with Crippen LogP contribution in [0.1, 0.15) is 37.8 Å². The molecule has 2 heterocycles. The fourth-order valence-corrected chi connectivity index (χ4v) is 4.26. The molecular weight excluding hydrogens is 386 g/mol. The highest BCUT2D eigenvalue weighted by molar-refractivity contribution is 7.89. The number of rotatable bonds is 8. The van der Waals surface area contributed by atoms with Crippen LogP contribution in [0.15, 0.2) is 47.5 Å². The molecule has 7 nitrogen and oxygen atoms in total. The summed E-state index contributed by atoms with van der Waals surface area (Å²) in [6, 6.07) is 11.3. The monoisotopic (exact) mass is 415 g/mol. The van der Waals surface area contributed by atoms with Gasteiger partial charge in [-0.15, -0.1) is 0 Å². The Hall–Kier alpha value is -2.29. The molecule has 0 radical (unpaired) electrons. The molecule has 0 aliphatic carbocycles. The number of hydrogen-bond acceptors (Lipinski definition) is 5. The lowest BCUT2D eigenvalue weighted by Crippen LogP contribution is -2.24. The zero-order valence-electron chi connectivity index (χ0n) is 17.7. The van der Waals surface area contributed by atoms with Crippen LogP contribution < -0.4 is 0 Å². The zero-order chi connectivity index (χ0) is 21.2. The molecule has 0 amide bonds. The minimum Gasteiger partial charge on any atom is -0.327 e. The van der Waals surface area contributed by atoms with Gasteiger partial charge in [-0.1, -0.05) is 13.0 Å². The van der Waals surface area contributed by atoms with Crippen molar-refractivity contribution in [3.8, 4) is 0 Å². The normalized spacial score (nSPS) is 13.5. The van der Waals surface area contributed by atoms with Crippen molar-refractivity contribution in [3.05, 3.63) is 54.1 Å². The van der Waals surface area contributed by atoms with E-state index in [0.29, 0.717) is 12.1 Å². The van der Waals surface area contributed by atoms with Crippen molar-refractivity contribution in [2.24, 2.45) is 0 Å². The summed E-state index contributed by atoms with van der Waals surface area (Å²) in [6.07, 6.45) is 2.77. The van der Waals surface area contributed by atoms with Gasteiger partial charge in [0.2, 0.25) is 10.0 Å². The van der Waals surface area contributed by atoms with Crippen molar-refractivity contribution in [2.75, 3.05) is 21.1 Å². The van der Waals surface area contributed by atoms with Crippen LogP contribution in [0.5, 0.6) is 0 Å². The molecule has 2 aromatic heterocycles. The quantitative estimate of drug-likeness (QED) is 0.565. The van der Waals surface area contributed by atoms with Crippen molar-refractivity contribution >= 4 is 21.1 Å². The van der Waals surface area contributed by atoms with Gasteiger partial charge < -0.3 is 4.57 Å². The predicted molar refractivity (Wildman–Crippen MR) is 115 cm³/mol. The third-order valence-electron chi connectivity index (χ3n) is 5.19. The van der Waals surface area contributed by atoms with E-state index in [2.05, 4.69) is 35.3 Å². The Balaban J connectivity index is 1.97. The predicted octanol–water partition coefficient (Wildman–Crippen LogP) is 3.28. The van der Waals surface area contributed by atoms with Crippen LogP contribution >= 0.6 is 0 Å². The lowest BCUT2D eigenvalue weighted by molar-refractivity contribution is 0.239. The number of pyridine rings is 1. The molecule has 1 atom stereocenters. The first-order valence-corrected chi connectivity index (χ1v) is 11.2. The van der Waals surface area contributed by atoms with Crippen LogP contribution in [-0.2, 0) is 23.1 Å². The Morgan fingerprint density at radius 1 is 1.14 bits per heavy atom. The molecule has 156 valence electrons. The zero-order valence-corrected chi connectivity index (χ0v) is 18.5. The summed E-state index contributed by atoms with van der Waals surface area (Å²) >= 11 is 0. The molecule has 29 heavy (non-hydrogen) atoms.